The number of rotatable bonds is 11. The van der Waals surface area contributed by atoms with Crippen molar-refractivity contribution in [3.05, 3.63) is 58.9 Å². The molecule has 2 atom stereocenters. The highest BCUT2D eigenvalue weighted by Gasteiger charge is 2.52. The number of likely N-dealkylation sites (N-methyl/N-ethyl adjacent to an activating group) is 1. The van der Waals surface area contributed by atoms with E-state index in [-0.39, 0.29) is 5.91 Å². The molecule has 3 N–H and O–H groups in total. The predicted molar refractivity (Wildman–Crippen MR) is 126 cm³/mol. The van der Waals surface area contributed by atoms with Crippen LogP contribution in [-0.4, -0.2) is 45.0 Å². The molecule has 0 fully saturated rings. The van der Waals surface area contributed by atoms with Crippen LogP contribution in [0.3, 0.4) is 0 Å². The van der Waals surface area contributed by atoms with Gasteiger partial charge < -0.3 is 25.3 Å². The van der Waals surface area contributed by atoms with E-state index >= 15 is 0 Å². The Balaban J connectivity index is 2.08. The molecule has 0 radical (unpaired) electrons. The summed E-state index contributed by atoms with van der Waals surface area (Å²) in [4.78, 5) is 25.9. The van der Waals surface area contributed by atoms with Crippen molar-refractivity contribution in [1.29, 1.82) is 0 Å². The maximum absolute atomic E-state index is 13.0. The number of benzene rings is 1. The Morgan fingerprint density at radius 2 is 1.82 bits per heavy atom. The van der Waals surface area contributed by atoms with E-state index in [0.717, 1.165) is 17.6 Å². The molecule has 0 saturated heterocycles. The average Bonchev–Trinajstić information content (AvgIpc) is 3.21. The van der Waals surface area contributed by atoms with E-state index in [1.54, 1.807) is 13.1 Å². The number of primary amides is 1. The van der Waals surface area contributed by atoms with E-state index in [1.165, 1.54) is 0 Å². The number of amides is 2. The van der Waals surface area contributed by atoms with Crippen molar-refractivity contribution >= 4 is 11.8 Å². The third-order valence-electron chi connectivity index (χ3n) is 6.90. The Morgan fingerprint density at radius 3 is 2.36 bits per heavy atom. The van der Waals surface area contributed by atoms with Crippen molar-refractivity contribution in [2.24, 2.45) is 11.1 Å². The molecule has 33 heavy (non-hydrogen) atoms. The molecule has 0 spiro atoms. The summed E-state index contributed by atoms with van der Waals surface area (Å²) in [6, 6.07) is 10.1. The van der Waals surface area contributed by atoms with Gasteiger partial charge in [0.1, 0.15) is 12.4 Å². The van der Waals surface area contributed by atoms with E-state index in [0.29, 0.717) is 50.4 Å². The molecule has 2 unspecified atom stereocenters. The van der Waals surface area contributed by atoms with Gasteiger partial charge in [0.15, 0.2) is 6.29 Å². The van der Waals surface area contributed by atoms with Crippen molar-refractivity contribution in [3.8, 4) is 0 Å². The van der Waals surface area contributed by atoms with Gasteiger partial charge in [0.05, 0.1) is 16.4 Å². The van der Waals surface area contributed by atoms with Crippen LogP contribution in [0.25, 0.3) is 0 Å². The highest BCUT2D eigenvalue weighted by molar-refractivity contribution is 6.00. The average molecular weight is 457 g/mol. The molecule has 1 heterocycles. The van der Waals surface area contributed by atoms with Crippen LogP contribution in [0.2, 0.25) is 0 Å². The Hall–Kier alpha value is -2.64. The summed E-state index contributed by atoms with van der Waals surface area (Å²) in [6.45, 7) is 7.34. The van der Waals surface area contributed by atoms with Crippen LogP contribution in [0.15, 0.2) is 53.3 Å². The number of carbonyl (C=O) groups is 2. The highest BCUT2D eigenvalue weighted by Crippen LogP contribution is 2.53. The van der Waals surface area contributed by atoms with Crippen molar-refractivity contribution < 1.29 is 23.8 Å². The van der Waals surface area contributed by atoms with Gasteiger partial charge in [-0.25, -0.2) is 0 Å². The molecule has 180 valence electrons. The summed E-state index contributed by atoms with van der Waals surface area (Å²) in [5.74, 6) is -0.186. The number of nitrogens with two attached hydrogens (primary N) is 1. The molecule has 0 saturated carbocycles. The van der Waals surface area contributed by atoms with Gasteiger partial charge in [-0.15, -0.1) is 0 Å². The largest absolute Gasteiger partial charge is 0.492 e. The van der Waals surface area contributed by atoms with Crippen LogP contribution in [0, 0.1) is 5.41 Å². The summed E-state index contributed by atoms with van der Waals surface area (Å²) in [7, 11) is 1.57. The topological polar surface area (TPSA) is 99.9 Å². The number of carbonyl (C=O) groups excluding carboxylic acids is 2. The first kappa shape index (κ1) is 25.0. The van der Waals surface area contributed by atoms with Crippen LogP contribution < -0.4 is 11.1 Å². The lowest BCUT2D eigenvalue weighted by Crippen LogP contribution is -2.42. The minimum Gasteiger partial charge on any atom is -0.492 e. The monoisotopic (exact) mass is 456 g/mol. The minimum atomic E-state index is -1.05. The maximum Gasteiger partial charge on any atom is 0.254 e. The quantitative estimate of drug-likeness (QED) is 0.498. The number of ether oxygens (including phenoxy) is 3. The molecule has 2 amide bonds. The Labute approximate surface area is 196 Å². The summed E-state index contributed by atoms with van der Waals surface area (Å²) in [6.07, 6.45) is 3.32. The first-order chi connectivity index (χ1) is 15.9. The zero-order valence-corrected chi connectivity index (χ0v) is 20.1. The SMILES string of the molecule is CCOC(CCC1(C(N)=O)C=C(C(=O)NC)C2=C(C1)C(CC)(c1ccccc1)CO2)OCC. The molecule has 3 rings (SSSR count). The molecular weight excluding hydrogens is 420 g/mol. The van der Waals surface area contributed by atoms with Crippen molar-refractivity contribution in [2.45, 2.75) is 58.2 Å². The second-order valence-corrected chi connectivity index (χ2v) is 8.61. The van der Waals surface area contributed by atoms with E-state index in [1.807, 2.05) is 32.0 Å². The van der Waals surface area contributed by atoms with E-state index in [4.69, 9.17) is 19.9 Å². The molecule has 2 aliphatic rings. The van der Waals surface area contributed by atoms with Crippen LogP contribution >= 0.6 is 0 Å². The van der Waals surface area contributed by atoms with Gasteiger partial charge in [-0.05, 0) is 50.7 Å². The van der Waals surface area contributed by atoms with Crippen molar-refractivity contribution in [3.63, 3.8) is 0 Å². The van der Waals surface area contributed by atoms with Gasteiger partial charge in [-0.2, -0.15) is 0 Å². The number of hydrogen-bond acceptors (Lipinski definition) is 5. The molecule has 1 aliphatic heterocycles. The standard InChI is InChI=1S/C26H36N2O5/c1-5-26(18-11-9-8-10-12-18)17-33-22-19(23(29)28-4)15-25(24(27)30,16-20(22)26)14-13-21(31-6-2)32-7-3/h8-12,15,21H,5-7,13-14,16-17H2,1-4H3,(H2,27,30)(H,28,29). The van der Waals surface area contributed by atoms with Crippen LogP contribution in [0.5, 0.6) is 0 Å². The zero-order valence-electron chi connectivity index (χ0n) is 20.1. The highest BCUT2D eigenvalue weighted by atomic mass is 16.7. The third-order valence-corrected chi connectivity index (χ3v) is 6.90. The number of nitrogens with one attached hydrogen (secondary N) is 1. The fourth-order valence-corrected chi connectivity index (χ4v) is 5.03. The summed E-state index contributed by atoms with van der Waals surface area (Å²) < 4.78 is 17.6. The first-order valence-electron chi connectivity index (χ1n) is 11.8. The maximum atomic E-state index is 13.0. The van der Waals surface area contributed by atoms with Crippen molar-refractivity contribution in [1.82, 2.24) is 5.32 Å². The number of hydrogen-bond donors (Lipinski definition) is 2. The summed E-state index contributed by atoms with van der Waals surface area (Å²) >= 11 is 0. The van der Waals surface area contributed by atoms with E-state index in [2.05, 4.69) is 24.4 Å². The molecule has 7 nitrogen and oxygen atoms in total. The van der Waals surface area contributed by atoms with Crippen LogP contribution in [-0.2, 0) is 29.2 Å². The van der Waals surface area contributed by atoms with Crippen LogP contribution in [0.1, 0.15) is 52.0 Å². The van der Waals surface area contributed by atoms with Gasteiger partial charge in [-0.1, -0.05) is 43.3 Å². The third kappa shape index (κ3) is 4.70. The fraction of sp³-hybridized carbons (Fsp3) is 0.538. The Bertz CT molecular complexity index is 920. The molecule has 7 heteroatoms. The molecule has 0 bridgehead atoms. The summed E-state index contributed by atoms with van der Waals surface area (Å²) in [5, 5.41) is 2.69. The van der Waals surface area contributed by atoms with Crippen molar-refractivity contribution in [2.75, 3.05) is 26.9 Å². The Kier molecular flexibility index (Phi) is 7.97. The van der Waals surface area contributed by atoms with Gasteiger partial charge in [0, 0.05) is 20.3 Å². The minimum absolute atomic E-state index is 0.293. The lowest BCUT2D eigenvalue weighted by atomic mass is 9.63. The van der Waals surface area contributed by atoms with Crippen LogP contribution in [0.4, 0.5) is 0 Å². The smallest absolute Gasteiger partial charge is 0.254 e. The van der Waals surface area contributed by atoms with E-state index < -0.39 is 23.0 Å². The second kappa shape index (κ2) is 10.5. The fourth-order valence-electron chi connectivity index (χ4n) is 5.03. The first-order valence-corrected chi connectivity index (χ1v) is 11.8. The molecule has 0 aromatic heterocycles. The lowest BCUT2D eigenvalue weighted by Gasteiger charge is -2.38. The molecule has 1 aromatic rings. The van der Waals surface area contributed by atoms with Gasteiger partial charge in [-0.3, -0.25) is 9.59 Å². The lowest BCUT2D eigenvalue weighted by molar-refractivity contribution is -0.145. The van der Waals surface area contributed by atoms with Gasteiger partial charge in [0.2, 0.25) is 5.91 Å². The molecule has 1 aromatic carbocycles. The van der Waals surface area contributed by atoms with Gasteiger partial charge in [0.25, 0.3) is 5.91 Å². The predicted octanol–water partition coefficient (Wildman–Crippen LogP) is 3.35. The summed E-state index contributed by atoms with van der Waals surface area (Å²) in [5.41, 5.74) is 6.99. The van der Waals surface area contributed by atoms with E-state index in [9.17, 15) is 9.59 Å². The zero-order chi connectivity index (χ0) is 24.1. The second-order valence-electron chi connectivity index (χ2n) is 8.61. The van der Waals surface area contributed by atoms with Gasteiger partial charge >= 0.3 is 0 Å². The molecular formula is C26H36N2O5. The Morgan fingerprint density at radius 1 is 1.15 bits per heavy atom. The molecule has 1 aliphatic carbocycles. The normalized spacial score (nSPS) is 24.3.